The van der Waals surface area contributed by atoms with Crippen LogP contribution >= 0.6 is 0 Å². The smallest absolute Gasteiger partial charge is 0.331 e. The molecule has 154 valence electrons. The molecule has 0 aliphatic rings. The average Bonchev–Trinajstić information content (AvgIpc) is 2.74. The molecule has 1 amide bonds. The molecule has 2 rings (SSSR count). The number of hydrogen-bond acceptors (Lipinski definition) is 5. The van der Waals surface area contributed by atoms with E-state index in [9.17, 15) is 14.0 Å². The minimum atomic E-state index is -0.676. The van der Waals surface area contributed by atoms with Gasteiger partial charge in [-0.15, -0.1) is 0 Å². The third kappa shape index (κ3) is 6.64. The van der Waals surface area contributed by atoms with E-state index in [-0.39, 0.29) is 12.5 Å². The summed E-state index contributed by atoms with van der Waals surface area (Å²) in [5.74, 6) is -0.226. The molecule has 0 saturated heterocycles. The van der Waals surface area contributed by atoms with E-state index in [4.69, 9.17) is 14.2 Å². The van der Waals surface area contributed by atoms with Crippen molar-refractivity contribution in [3.63, 3.8) is 0 Å². The number of carbonyl (C=O) groups excluding carboxylic acids is 2. The van der Waals surface area contributed by atoms with E-state index in [1.165, 1.54) is 24.3 Å². The molecule has 0 bridgehead atoms. The van der Waals surface area contributed by atoms with E-state index in [2.05, 4.69) is 0 Å². The van der Waals surface area contributed by atoms with Gasteiger partial charge >= 0.3 is 5.97 Å². The summed E-state index contributed by atoms with van der Waals surface area (Å²) in [6.07, 6.45) is 2.59. The molecule has 0 saturated carbocycles. The van der Waals surface area contributed by atoms with Crippen molar-refractivity contribution in [1.29, 1.82) is 0 Å². The third-order valence-electron chi connectivity index (χ3n) is 4.15. The number of esters is 1. The summed E-state index contributed by atoms with van der Waals surface area (Å²) >= 11 is 0. The Labute approximate surface area is 169 Å². The largest absolute Gasteiger partial charge is 0.493 e. The second kappa shape index (κ2) is 10.8. The maximum absolute atomic E-state index is 13.1. The molecule has 2 aromatic carbocycles. The van der Waals surface area contributed by atoms with Crippen LogP contribution < -0.4 is 9.47 Å². The van der Waals surface area contributed by atoms with Crippen molar-refractivity contribution in [2.24, 2.45) is 0 Å². The van der Waals surface area contributed by atoms with Gasteiger partial charge in [0.25, 0.3) is 5.91 Å². The highest BCUT2D eigenvalue weighted by molar-refractivity contribution is 5.89. The molecule has 7 heteroatoms. The molecule has 0 atom stereocenters. The lowest BCUT2D eigenvalue weighted by Crippen LogP contribution is -2.34. The molecule has 0 fully saturated rings. The number of rotatable bonds is 9. The SMILES string of the molecule is CCN(Cc1ccc(OC)c(OC)c1)C(=O)COC(=O)/C=C/c1cccc(F)c1. The maximum Gasteiger partial charge on any atom is 0.331 e. The summed E-state index contributed by atoms with van der Waals surface area (Å²) in [5.41, 5.74) is 1.38. The van der Waals surface area contributed by atoms with Gasteiger partial charge in [0.15, 0.2) is 18.1 Å². The summed E-state index contributed by atoms with van der Waals surface area (Å²) in [7, 11) is 3.09. The van der Waals surface area contributed by atoms with Crippen molar-refractivity contribution in [3.8, 4) is 11.5 Å². The topological polar surface area (TPSA) is 65.1 Å². The van der Waals surface area contributed by atoms with Crippen LogP contribution in [0.25, 0.3) is 6.08 Å². The van der Waals surface area contributed by atoms with E-state index in [1.807, 2.05) is 13.0 Å². The molecule has 0 heterocycles. The number of hydrogen-bond donors (Lipinski definition) is 0. The number of halogens is 1. The summed E-state index contributed by atoms with van der Waals surface area (Å²) in [4.78, 5) is 25.8. The maximum atomic E-state index is 13.1. The highest BCUT2D eigenvalue weighted by Crippen LogP contribution is 2.28. The van der Waals surface area contributed by atoms with Crippen LogP contribution in [0.4, 0.5) is 4.39 Å². The van der Waals surface area contributed by atoms with Gasteiger partial charge < -0.3 is 19.1 Å². The lowest BCUT2D eigenvalue weighted by atomic mass is 10.2. The van der Waals surface area contributed by atoms with Gasteiger partial charge in [-0.05, 0) is 48.4 Å². The number of benzene rings is 2. The Balaban J connectivity index is 1.91. The number of ether oxygens (including phenoxy) is 3. The van der Waals surface area contributed by atoms with Gasteiger partial charge in [-0.3, -0.25) is 4.79 Å². The molecular weight excluding hydrogens is 377 g/mol. The summed E-state index contributed by atoms with van der Waals surface area (Å²) in [6, 6.07) is 11.2. The van der Waals surface area contributed by atoms with Crippen LogP contribution in [0.5, 0.6) is 11.5 Å². The summed E-state index contributed by atoms with van der Waals surface area (Å²) in [5, 5.41) is 0. The van der Waals surface area contributed by atoms with Crippen molar-refractivity contribution in [2.75, 3.05) is 27.4 Å². The van der Waals surface area contributed by atoms with Crippen molar-refractivity contribution in [3.05, 3.63) is 65.5 Å². The highest BCUT2D eigenvalue weighted by atomic mass is 19.1. The fourth-order valence-corrected chi connectivity index (χ4v) is 2.62. The van der Waals surface area contributed by atoms with Crippen molar-refractivity contribution in [2.45, 2.75) is 13.5 Å². The van der Waals surface area contributed by atoms with Gasteiger partial charge in [0.2, 0.25) is 0 Å². The Morgan fingerprint density at radius 2 is 1.83 bits per heavy atom. The molecule has 0 spiro atoms. The average molecular weight is 401 g/mol. The van der Waals surface area contributed by atoms with E-state index in [0.717, 1.165) is 11.6 Å². The first-order chi connectivity index (χ1) is 14.0. The van der Waals surface area contributed by atoms with Crippen molar-refractivity contribution < 1.29 is 28.2 Å². The van der Waals surface area contributed by atoms with E-state index in [0.29, 0.717) is 30.2 Å². The lowest BCUT2D eigenvalue weighted by molar-refractivity contribution is -0.148. The fourth-order valence-electron chi connectivity index (χ4n) is 2.62. The van der Waals surface area contributed by atoms with E-state index < -0.39 is 11.8 Å². The molecule has 0 aromatic heterocycles. The van der Waals surface area contributed by atoms with Crippen LogP contribution in [0.2, 0.25) is 0 Å². The standard InChI is InChI=1S/C22H24FNO5/c1-4-24(14-17-8-10-19(27-2)20(13-17)28-3)21(25)15-29-22(26)11-9-16-6-5-7-18(23)12-16/h5-13H,4,14-15H2,1-3H3/b11-9+. The molecule has 2 aromatic rings. The van der Waals surface area contributed by atoms with E-state index in [1.54, 1.807) is 37.3 Å². The highest BCUT2D eigenvalue weighted by Gasteiger charge is 2.15. The second-order valence-electron chi connectivity index (χ2n) is 6.09. The summed E-state index contributed by atoms with van der Waals surface area (Å²) < 4.78 is 28.6. The number of carbonyl (C=O) groups is 2. The minimum absolute atomic E-state index is 0.324. The Morgan fingerprint density at radius 1 is 1.07 bits per heavy atom. The molecule has 0 aliphatic carbocycles. The first-order valence-electron chi connectivity index (χ1n) is 9.06. The van der Waals surface area contributed by atoms with Crippen LogP contribution in [0.15, 0.2) is 48.5 Å². The first kappa shape index (κ1) is 21.9. The van der Waals surface area contributed by atoms with Crippen molar-refractivity contribution in [1.82, 2.24) is 4.90 Å². The normalized spacial score (nSPS) is 10.6. The molecule has 0 aliphatic heterocycles. The van der Waals surface area contributed by atoms with Gasteiger partial charge in [-0.1, -0.05) is 18.2 Å². The zero-order valence-corrected chi connectivity index (χ0v) is 16.7. The Bertz CT molecular complexity index is 881. The molecular formula is C22H24FNO5. The van der Waals surface area contributed by atoms with Gasteiger partial charge in [-0.2, -0.15) is 0 Å². The minimum Gasteiger partial charge on any atom is -0.493 e. The zero-order valence-electron chi connectivity index (χ0n) is 16.7. The quantitative estimate of drug-likeness (QED) is 0.476. The Morgan fingerprint density at radius 3 is 2.48 bits per heavy atom. The number of likely N-dealkylation sites (N-methyl/N-ethyl adjacent to an activating group) is 1. The van der Waals surface area contributed by atoms with Crippen LogP contribution in [0.1, 0.15) is 18.1 Å². The summed E-state index contributed by atoms with van der Waals surface area (Å²) in [6.45, 7) is 2.24. The predicted molar refractivity (Wildman–Crippen MR) is 107 cm³/mol. The van der Waals surface area contributed by atoms with Gasteiger partial charge in [0, 0.05) is 19.2 Å². The van der Waals surface area contributed by atoms with Crippen LogP contribution in [0, 0.1) is 5.82 Å². The van der Waals surface area contributed by atoms with Crippen LogP contribution in [-0.4, -0.2) is 44.1 Å². The van der Waals surface area contributed by atoms with Crippen molar-refractivity contribution >= 4 is 18.0 Å². The number of nitrogens with zero attached hydrogens (tertiary/aromatic N) is 1. The molecule has 0 N–H and O–H groups in total. The van der Waals surface area contributed by atoms with Gasteiger partial charge in [-0.25, -0.2) is 9.18 Å². The second-order valence-corrected chi connectivity index (χ2v) is 6.09. The molecule has 0 radical (unpaired) electrons. The third-order valence-corrected chi connectivity index (χ3v) is 4.15. The first-order valence-corrected chi connectivity index (χ1v) is 9.06. The molecule has 0 unspecified atom stereocenters. The van der Waals surface area contributed by atoms with E-state index >= 15 is 0 Å². The number of methoxy groups -OCH3 is 2. The Hall–Kier alpha value is -3.35. The zero-order chi connectivity index (χ0) is 21.2. The predicted octanol–water partition coefficient (Wildman–Crippen LogP) is 3.45. The van der Waals surface area contributed by atoms with Crippen LogP contribution in [-0.2, 0) is 20.9 Å². The van der Waals surface area contributed by atoms with Gasteiger partial charge in [0.05, 0.1) is 14.2 Å². The molecule has 29 heavy (non-hydrogen) atoms. The monoisotopic (exact) mass is 401 g/mol. The molecule has 6 nitrogen and oxygen atoms in total. The lowest BCUT2D eigenvalue weighted by Gasteiger charge is -2.21. The number of amides is 1. The van der Waals surface area contributed by atoms with Gasteiger partial charge in [0.1, 0.15) is 5.82 Å². The Kier molecular flexibility index (Phi) is 8.21. The van der Waals surface area contributed by atoms with Crippen LogP contribution in [0.3, 0.4) is 0 Å². The fraction of sp³-hybridized carbons (Fsp3) is 0.273.